The summed E-state index contributed by atoms with van der Waals surface area (Å²) in [7, 11) is 0. The van der Waals surface area contributed by atoms with Crippen molar-refractivity contribution in [2.75, 3.05) is 0 Å². The highest BCUT2D eigenvalue weighted by Crippen LogP contribution is 2.46. The number of fused-ring (bicyclic) bond motifs is 1. The fourth-order valence-electron chi connectivity index (χ4n) is 2.50. The van der Waals surface area contributed by atoms with Crippen LogP contribution in [0.25, 0.3) is 0 Å². The van der Waals surface area contributed by atoms with Crippen molar-refractivity contribution in [3.05, 3.63) is 68.0 Å². The highest BCUT2D eigenvalue weighted by molar-refractivity contribution is 6.42. The molecule has 116 valence electrons. The molecule has 1 aliphatic rings. The second-order valence-corrected chi connectivity index (χ2v) is 6.16. The number of benzene rings is 2. The molecule has 1 aliphatic heterocycles. The number of phenols is 1. The molecule has 3 N–H and O–H groups in total. The topological polar surface area (TPSA) is 79.3 Å². The number of hydrogen-bond donors (Lipinski definition) is 2. The van der Waals surface area contributed by atoms with Gasteiger partial charge in [-0.05, 0) is 23.8 Å². The molecular weight excluding hydrogens is 359 g/mol. The Balaban J connectivity index is 2.26. The lowest BCUT2D eigenvalue weighted by atomic mass is 9.83. The summed E-state index contributed by atoms with van der Waals surface area (Å²) in [4.78, 5) is 0. The molecule has 0 radical (unpaired) electrons. The largest absolute Gasteiger partial charge is 0.506 e. The fraction of sp³-hybridized carbons (Fsp3) is 0.0625. The average Bonchev–Trinajstić information content (AvgIpc) is 2.51. The minimum absolute atomic E-state index is 0.0298. The Kier molecular flexibility index (Phi) is 4.03. The van der Waals surface area contributed by atoms with Crippen molar-refractivity contribution < 1.29 is 9.84 Å². The molecule has 2 aromatic rings. The van der Waals surface area contributed by atoms with E-state index in [1.807, 2.05) is 0 Å². The van der Waals surface area contributed by atoms with Gasteiger partial charge < -0.3 is 15.6 Å². The highest BCUT2D eigenvalue weighted by Gasteiger charge is 2.31. The van der Waals surface area contributed by atoms with Gasteiger partial charge in [-0.2, -0.15) is 5.26 Å². The molecule has 0 aliphatic carbocycles. The number of halogens is 3. The minimum Gasteiger partial charge on any atom is -0.506 e. The van der Waals surface area contributed by atoms with E-state index in [-0.39, 0.29) is 22.2 Å². The fourth-order valence-corrected chi connectivity index (χ4v) is 2.98. The van der Waals surface area contributed by atoms with E-state index in [1.54, 1.807) is 24.3 Å². The summed E-state index contributed by atoms with van der Waals surface area (Å²) in [6.45, 7) is 0. The number of nitrogens with zero attached hydrogens (tertiary/aromatic N) is 1. The first-order valence-electron chi connectivity index (χ1n) is 6.47. The predicted octanol–water partition coefficient (Wildman–Crippen LogP) is 4.57. The molecule has 0 saturated carbocycles. The SMILES string of the molecule is N#CC1=C(N)Oc2cc(O)c(Cl)cc2C1c1ccc(Cl)c(Cl)c1. The van der Waals surface area contributed by atoms with Gasteiger partial charge in [0.2, 0.25) is 5.88 Å². The molecule has 1 heterocycles. The number of aromatic hydroxyl groups is 1. The summed E-state index contributed by atoms with van der Waals surface area (Å²) >= 11 is 18.0. The zero-order valence-electron chi connectivity index (χ0n) is 11.5. The third kappa shape index (κ3) is 2.68. The molecule has 3 rings (SSSR count). The minimum atomic E-state index is -0.517. The number of ether oxygens (including phenoxy) is 1. The molecule has 1 unspecified atom stereocenters. The molecule has 0 saturated heterocycles. The molecule has 0 spiro atoms. The third-order valence-corrected chi connectivity index (χ3v) is 4.60. The summed E-state index contributed by atoms with van der Waals surface area (Å²) in [5, 5.41) is 20.1. The maximum atomic E-state index is 9.75. The van der Waals surface area contributed by atoms with Gasteiger partial charge in [-0.25, -0.2) is 0 Å². The highest BCUT2D eigenvalue weighted by atomic mass is 35.5. The van der Waals surface area contributed by atoms with Gasteiger partial charge in [0.05, 0.1) is 21.0 Å². The van der Waals surface area contributed by atoms with Crippen LogP contribution in [-0.4, -0.2) is 5.11 Å². The van der Waals surface area contributed by atoms with Crippen LogP contribution in [0.3, 0.4) is 0 Å². The van der Waals surface area contributed by atoms with Gasteiger partial charge in [-0.3, -0.25) is 0 Å². The van der Waals surface area contributed by atoms with Crippen molar-refractivity contribution in [3.8, 4) is 17.6 Å². The Morgan fingerprint density at radius 2 is 1.83 bits per heavy atom. The van der Waals surface area contributed by atoms with Crippen LogP contribution in [0.5, 0.6) is 11.5 Å². The molecule has 0 amide bonds. The van der Waals surface area contributed by atoms with E-state index in [2.05, 4.69) is 6.07 Å². The molecule has 0 bridgehead atoms. The third-order valence-electron chi connectivity index (χ3n) is 3.56. The first-order chi connectivity index (χ1) is 10.9. The Morgan fingerprint density at radius 1 is 1.09 bits per heavy atom. The van der Waals surface area contributed by atoms with E-state index in [4.69, 9.17) is 45.3 Å². The smallest absolute Gasteiger partial charge is 0.205 e. The van der Waals surface area contributed by atoms with E-state index in [0.29, 0.717) is 26.9 Å². The standard InChI is InChI=1S/C16H9Cl3N2O2/c17-10-2-1-7(3-11(10)18)15-8-4-12(19)13(22)5-14(8)23-16(21)9(15)6-20/h1-5,15,22H,21H2. The maximum Gasteiger partial charge on any atom is 0.205 e. The van der Waals surface area contributed by atoms with Crippen LogP contribution >= 0.6 is 34.8 Å². The van der Waals surface area contributed by atoms with Crippen molar-refractivity contribution >= 4 is 34.8 Å². The molecule has 23 heavy (non-hydrogen) atoms. The molecular formula is C16H9Cl3N2O2. The number of phenolic OH excluding ortho intramolecular Hbond substituents is 1. The van der Waals surface area contributed by atoms with E-state index in [0.717, 1.165) is 0 Å². The van der Waals surface area contributed by atoms with Gasteiger partial charge in [-0.1, -0.05) is 40.9 Å². The second-order valence-electron chi connectivity index (χ2n) is 4.94. The normalized spacial score (nSPS) is 16.5. The van der Waals surface area contributed by atoms with Crippen LogP contribution in [0.15, 0.2) is 41.8 Å². The average molecular weight is 368 g/mol. The zero-order chi connectivity index (χ0) is 16.7. The van der Waals surface area contributed by atoms with Crippen LogP contribution < -0.4 is 10.5 Å². The van der Waals surface area contributed by atoms with E-state index >= 15 is 0 Å². The van der Waals surface area contributed by atoms with Crippen molar-refractivity contribution in [1.82, 2.24) is 0 Å². The van der Waals surface area contributed by atoms with E-state index < -0.39 is 5.92 Å². The van der Waals surface area contributed by atoms with Crippen molar-refractivity contribution in [2.45, 2.75) is 5.92 Å². The van der Waals surface area contributed by atoms with Gasteiger partial charge in [0, 0.05) is 11.6 Å². The lowest BCUT2D eigenvalue weighted by Crippen LogP contribution is -2.21. The van der Waals surface area contributed by atoms with Gasteiger partial charge in [0.1, 0.15) is 23.1 Å². The van der Waals surface area contributed by atoms with Gasteiger partial charge >= 0.3 is 0 Å². The number of rotatable bonds is 1. The second kappa shape index (κ2) is 5.86. The van der Waals surface area contributed by atoms with E-state index in [9.17, 15) is 10.4 Å². The van der Waals surface area contributed by atoms with Gasteiger partial charge in [0.15, 0.2) is 0 Å². The lowest BCUT2D eigenvalue weighted by molar-refractivity contribution is 0.388. The number of allylic oxidation sites excluding steroid dienone is 1. The van der Waals surface area contributed by atoms with Gasteiger partial charge in [-0.15, -0.1) is 0 Å². The van der Waals surface area contributed by atoms with Crippen LogP contribution in [-0.2, 0) is 0 Å². The molecule has 4 nitrogen and oxygen atoms in total. The Labute approximate surface area is 147 Å². The quantitative estimate of drug-likeness (QED) is 0.773. The Bertz CT molecular complexity index is 888. The number of nitriles is 1. The van der Waals surface area contributed by atoms with Crippen LogP contribution in [0.2, 0.25) is 15.1 Å². The van der Waals surface area contributed by atoms with Crippen LogP contribution in [0.1, 0.15) is 17.0 Å². The Morgan fingerprint density at radius 3 is 2.48 bits per heavy atom. The summed E-state index contributed by atoms with van der Waals surface area (Å²) in [5.74, 6) is -0.347. The molecule has 1 atom stereocenters. The summed E-state index contributed by atoms with van der Waals surface area (Å²) in [6, 6.07) is 10.0. The van der Waals surface area contributed by atoms with Crippen LogP contribution in [0, 0.1) is 11.3 Å². The lowest BCUT2D eigenvalue weighted by Gasteiger charge is -2.27. The molecule has 2 aromatic carbocycles. The molecule has 0 aromatic heterocycles. The summed E-state index contributed by atoms with van der Waals surface area (Å²) < 4.78 is 5.43. The summed E-state index contributed by atoms with van der Waals surface area (Å²) in [6.07, 6.45) is 0. The first-order valence-corrected chi connectivity index (χ1v) is 7.60. The van der Waals surface area contributed by atoms with Crippen molar-refractivity contribution in [3.63, 3.8) is 0 Å². The van der Waals surface area contributed by atoms with Crippen molar-refractivity contribution in [2.24, 2.45) is 5.73 Å². The van der Waals surface area contributed by atoms with Crippen molar-refractivity contribution in [1.29, 1.82) is 5.26 Å². The number of nitrogens with two attached hydrogens (primary N) is 1. The zero-order valence-corrected chi connectivity index (χ0v) is 13.7. The van der Waals surface area contributed by atoms with Crippen LogP contribution in [0.4, 0.5) is 0 Å². The maximum absolute atomic E-state index is 9.75. The Hall–Kier alpha value is -2.06. The predicted molar refractivity (Wildman–Crippen MR) is 88.9 cm³/mol. The molecule has 7 heteroatoms. The molecule has 0 fully saturated rings. The van der Waals surface area contributed by atoms with Gasteiger partial charge in [0.25, 0.3) is 0 Å². The first kappa shape index (κ1) is 15.8. The summed E-state index contributed by atoms with van der Waals surface area (Å²) in [5.41, 5.74) is 7.40. The van der Waals surface area contributed by atoms with E-state index in [1.165, 1.54) is 6.07 Å². The monoisotopic (exact) mass is 366 g/mol. The number of hydrogen-bond acceptors (Lipinski definition) is 4.